The topological polar surface area (TPSA) is 18.5 Å². The van der Waals surface area contributed by atoms with Crippen LogP contribution in [0.2, 0.25) is 0 Å². The number of rotatable bonds is 4. The van der Waals surface area contributed by atoms with Gasteiger partial charge in [0.2, 0.25) is 0 Å². The Bertz CT molecular complexity index is 568. The summed E-state index contributed by atoms with van der Waals surface area (Å²) < 4.78 is 11.0. The van der Waals surface area contributed by atoms with Crippen molar-refractivity contribution in [1.29, 1.82) is 0 Å². The van der Waals surface area contributed by atoms with E-state index in [1.165, 1.54) is 0 Å². The largest absolute Gasteiger partial charge is 0.496 e. The average Bonchev–Trinajstić information content (AvgIpc) is 2.46. The summed E-state index contributed by atoms with van der Waals surface area (Å²) in [6, 6.07) is 14.0. The molecule has 100 valence electrons. The highest BCUT2D eigenvalue weighted by Gasteiger charge is 2.13. The van der Waals surface area contributed by atoms with Crippen molar-refractivity contribution in [2.75, 3.05) is 14.2 Å². The molecule has 0 aromatic heterocycles. The number of ether oxygens (including phenoxy) is 2. The molecule has 4 heteroatoms. The smallest absolute Gasteiger partial charge is 0.127 e. The van der Waals surface area contributed by atoms with Gasteiger partial charge in [-0.2, -0.15) is 0 Å². The third kappa shape index (κ3) is 3.12. The van der Waals surface area contributed by atoms with E-state index in [-0.39, 0.29) is 3.74 Å². The van der Waals surface area contributed by atoms with Crippen LogP contribution < -0.4 is 9.47 Å². The van der Waals surface area contributed by atoms with E-state index >= 15 is 0 Å². The van der Waals surface area contributed by atoms with Gasteiger partial charge in [0.05, 0.1) is 18.0 Å². The lowest BCUT2D eigenvalue weighted by Crippen LogP contribution is -1.93. The highest BCUT2D eigenvalue weighted by Crippen LogP contribution is 2.39. The van der Waals surface area contributed by atoms with Crippen LogP contribution in [-0.2, 0) is 0 Å². The molecule has 2 nitrogen and oxygen atoms in total. The van der Waals surface area contributed by atoms with Crippen LogP contribution in [0.15, 0.2) is 42.5 Å². The molecule has 0 heterocycles. The van der Waals surface area contributed by atoms with E-state index in [0.29, 0.717) is 0 Å². The van der Waals surface area contributed by atoms with Gasteiger partial charge < -0.3 is 9.47 Å². The van der Waals surface area contributed by atoms with Crippen LogP contribution in [0.4, 0.5) is 0 Å². The van der Waals surface area contributed by atoms with Crippen molar-refractivity contribution in [1.82, 2.24) is 0 Å². The number of halogens is 2. The maximum Gasteiger partial charge on any atom is 0.127 e. The Morgan fingerprint density at radius 2 is 1.47 bits per heavy atom. The molecular formula is C15H14Br2O2. The van der Waals surface area contributed by atoms with Crippen molar-refractivity contribution in [2.45, 2.75) is 3.74 Å². The number of para-hydroxylation sites is 1. The van der Waals surface area contributed by atoms with E-state index in [1.54, 1.807) is 14.2 Å². The van der Waals surface area contributed by atoms with Crippen LogP contribution in [0.5, 0.6) is 11.5 Å². The summed E-state index contributed by atoms with van der Waals surface area (Å²) in [6.07, 6.45) is 0. The van der Waals surface area contributed by atoms with Gasteiger partial charge in [-0.3, -0.25) is 0 Å². The Kier molecular flexibility index (Phi) is 4.88. The van der Waals surface area contributed by atoms with Gasteiger partial charge in [0.25, 0.3) is 0 Å². The Morgan fingerprint density at radius 3 is 2.11 bits per heavy atom. The Hall–Kier alpha value is -1.00. The molecule has 0 aliphatic rings. The summed E-state index contributed by atoms with van der Waals surface area (Å²) in [6.45, 7) is 0. The van der Waals surface area contributed by atoms with E-state index in [9.17, 15) is 0 Å². The van der Waals surface area contributed by atoms with Crippen molar-refractivity contribution in [2.24, 2.45) is 0 Å². The van der Waals surface area contributed by atoms with Crippen LogP contribution in [-0.4, -0.2) is 14.2 Å². The molecule has 0 spiro atoms. The summed E-state index contributed by atoms with van der Waals surface area (Å²) >= 11 is 6.98. The first-order valence-electron chi connectivity index (χ1n) is 5.77. The number of hydrogen-bond donors (Lipinski definition) is 0. The highest BCUT2D eigenvalue weighted by molar-refractivity contribution is 9.24. The Balaban J connectivity index is 2.55. The molecule has 0 N–H and O–H groups in total. The van der Waals surface area contributed by atoms with Gasteiger partial charge in [-0.25, -0.2) is 0 Å². The fourth-order valence-corrected chi connectivity index (χ4v) is 2.50. The zero-order chi connectivity index (χ0) is 13.8. The maximum absolute atomic E-state index is 5.49. The second-order valence-corrected chi connectivity index (χ2v) is 7.02. The molecule has 0 radical (unpaired) electrons. The van der Waals surface area contributed by atoms with Gasteiger partial charge in [-0.15, -0.1) is 0 Å². The summed E-state index contributed by atoms with van der Waals surface area (Å²) in [7, 11) is 3.35. The average molecular weight is 386 g/mol. The lowest BCUT2D eigenvalue weighted by atomic mass is 10.0. The number of methoxy groups -OCH3 is 2. The van der Waals surface area contributed by atoms with Gasteiger partial charge >= 0.3 is 0 Å². The molecule has 0 aliphatic heterocycles. The van der Waals surface area contributed by atoms with Gasteiger partial charge in [0.1, 0.15) is 11.5 Å². The molecule has 2 rings (SSSR count). The minimum atomic E-state index is 0.112. The van der Waals surface area contributed by atoms with E-state index in [2.05, 4.69) is 37.9 Å². The number of alkyl halides is 2. The second kappa shape index (κ2) is 6.44. The van der Waals surface area contributed by atoms with Crippen molar-refractivity contribution < 1.29 is 9.47 Å². The van der Waals surface area contributed by atoms with Gasteiger partial charge in [0.15, 0.2) is 0 Å². The monoisotopic (exact) mass is 384 g/mol. The van der Waals surface area contributed by atoms with Crippen molar-refractivity contribution in [3.05, 3.63) is 48.0 Å². The Morgan fingerprint density at radius 1 is 0.842 bits per heavy atom. The molecule has 0 saturated heterocycles. The minimum Gasteiger partial charge on any atom is -0.496 e. The molecule has 19 heavy (non-hydrogen) atoms. The maximum atomic E-state index is 5.49. The van der Waals surface area contributed by atoms with Crippen LogP contribution in [0.25, 0.3) is 11.1 Å². The third-order valence-corrected chi connectivity index (χ3v) is 3.93. The molecule has 0 saturated carbocycles. The van der Waals surface area contributed by atoms with Crippen LogP contribution in [0.1, 0.15) is 9.30 Å². The molecular weight excluding hydrogens is 372 g/mol. The first-order valence-corrected chi connectivity index (χ1v) is 7.60. The first-order chi connectivity index (χ1) is 9.17. The highest BCUT2D eigenvalue weighted by atomic mass is 79.9. The standard InChI is InChI=1S/C15H14Br2O2/c1-18-13-6-4-3-5-11(13)12-8-7-10(15(16)17)9-14(12)19-2/h3-9,15H,1-2H3. The Labute approximate surface area is 130 Å². The minimum absolute atomic E-state index is 0.112. The van der Waals surface area contributed by atoms with Gasteiger partial charge in [0, 0.05) is 11.1 Å². The van der Waals surface area contributed by atoms with Gasteiger partial charge in [-0.05, 0) is 17.7 Å². The second-order valence-electron chi connectivity index (χ2n) is 3.96. The lowest BCUT2D eigenvalue weighted by molar-refractivity contribution is 0.410. The molecule has 0 unspecified atom stereocenters. The molecule has 2 aromatic rings. The van der Waals surface area contributed by atoms with Crippen LogP contribution in [0, 0.1) is 0 Å². The molecule has 0 atom stereocenters. The van der Waals surface area contributed by atoms with E-state index in [4.69, 9.17) is 9.47 Å². The fourth-order valence-electron chi connectivity index (χ4n) is 1.93. The predicted octanol–water partition coefficient (Wildman–Crippen LogP) is 5.16. The molecule has 0 amide bonds. The zero-order valence-corrected chi connectivity index (χ0v) is 13.9. The molecule has 0 aliphatic carbocycles. The predicted molar refractivity (Wildman–Crippen MR) is 85.6 cm³/mol. The quantitative estimate of drug-likeness (QED) is 0.676. The summed E-state index contributed by atoms with van der Waals surface area (Å²) in [4.78, 5) is 0. The van der Waals surface area contributed by atoms with Crippen molar-refractivity contribution >= 4 is 31.9 Å². The van der Waals surface area contributed by atoms with E-state index in [0.717, 1.165) is 28.2 Å². The summed E-state index contributed by atoms with van der Waals surface area (Å²) in [5, 5.41) is 0. The summed E-state index contributed by atoms with van der Waals surface area (Å²) in [5.41, 5.74) is 3.15. The van der Waals surface area contributed by atoms with E-state index < -0.39 is 0 Å². The third-order valence-electron chi connectivity index (χ3n) is 2.87. The fraction of sp³-hybridized carbons (Fsp3) is 0.200. The van der Waals surface area contributed by atoms with Gasteiger partial charge in [-0.1, -0.05) is 62.2 Å². The number of hydrogen-bond acceptors (Lipinski definition) is 2. The van der Waals surface area contributed by atoms with E-state index in [1.807, 2.05) is 36.4 Å². The normalized spacial score (nSPS) is 10.6. The SMILES string of the molecule is COc1ccccc1-c1ccc(C(Br)Br)cc1OC. The zero-order valence-electron chi connectivity index (χ0n) is 10.7. The molecule has 2 aromatic carbocycles. The van der Waals surface area contributed by atoms with Crippen molar-refractivity contribution in [3.63, 3.8) is 0 Å². The van der Waals surface area contributed by atoms with Crippen LogP contribution >= 0.6 is 31.9 Å². The summed E-state index contributed by atoms with van der Waals surface area (Å²) in [5.74, 6) is 1.66. The lowest BCUT2D eigenvalue weighted by Gasteiger charge is -2.14. The molecule has 0 bridgehead atoms. The number of benzene rings is 2. The molecule has 0 fully saturated rings. The van der Waals surface area contributed by atoms with Crippen LogP contribution in [0.3, 0.4) is 0 Å². The van der Waals surface area contributed by atoms with Crippen molar-refractivity contribution in [3.8, 4) is 22.6 Å². The first kappa shape index (κ1) is 14.4.